The first-order chi connectivity index (χ1) is 6.15. The van der Waals surface area contributed by atoms with E-state index in [0.29, 0.717) is 18.9 Å². The van der Waals surface area contributed by atoms with E-state index in [1.165, 1.54) is 0 Å². The highest BCUT2D eigenvalue weighted by atomic mass is 19.1. The van der Waals surface area contributed by atoms with Gasteiger partial charge in [0.1, 0.15) is 6.17 Å². The normalized spacial score (nSPS) is 26.7. The number of hydrogen-bond donors (Lipinski definition) is 0. The molecular formula is C10H19FN2. The number of alkyl halides is 1. The first-order valence-corrected chi connectivity index (χ1v) is 4.95. The van der Waals surface area contributed by atoms with Crippen LogP contribution >= 0.6 is 0 Å². The number of nitrogens with zero attached hydrogens (tertiary/aromatic N) is 2. The molecule has 1 fully saturated rings. The van der Waals surface area contributed by atoms with Crippen LogP contribution < -0.4 is 0 Å². The predicted molar refractivity (Wildman–Crippen MR) is 51.8 cm³/mol. The maximum atomic E-state index is 12.8. The van der Waals surface area contributed by atoms with Crippen LogP contribution in [0.5, 0.6) is 0 Å². The number of halogens is 1. The molecule has 3 heteroatoms. The average Bonchev–Trinajstić information content (AvgIpc) is 2.50. The molecule has 2 atom stereocenters. The lowest BCUT2D eigenvalue weighted by molar-refractivity contribution is 0.290. The van der Waals surface area contributed by atoms with Crippen molar-refractivity contribution in [3.05, 3.63) is 0 Å². The van der Waals surface area contributed by atoms with Crippen LogP contribution in [-0.4, -0.2) is 23.7 Å². The highest BCUT2D eigenvalue weighted by Crippen LogP contribution is 2.24. The molecule has 0 aromatic carbocycles. The molecule has 0 radical (unpaired) electrons. The number of likely N-dealkylation sites (tertiary alicyclic amines) is 1. The van der Waals surface area contributed by atoms with Crippen LogP contribution in [0.25, 0.3) is 0 Å². The Labute approximate surface area is 80.3 Å². The zero-order valence-corrected chi connectivity index (χ0v) is 8.92. The standard InChI is InChI=1S/C8H13FN2.C2H6/c1-6(2)8-3-7(9)4-11(8)5-10;1-2/h6-8H,3-4H2,1-2H3;1-2H3. The van der Waals surface area contributed by atoms with Gasteiger partial charge in [-0.1, -0.05) is 27.7 Å². The highest BCUT2D eigenvalue weighted by Gasteiger charge is 2.33. The molecule has 0 aromatic heterocycles. The summed E-state index contributed by atoms with van der Waals surface area (Å²) in [4.78, 5) is 1.55. The van der Waals surface area contributed by atoms with Gasteiger partial charge in [-0.2, -0.15) is 5.26 Å². The van der Waals surface area contributed by atoms with Crippen molar-refractivity contribution in [1.82, 2.24) is 4.90 Å². The molecular weight excluding hydrogens is 167 g/mol. The van der Waals surface area contributed by atoms with Crippen molar-refractivity contribution in [3.8, 4) is 6.19 Å². The Morgan fingerprint density at radius 2 is 2.00 bits per heavy atom. The summed E-state index contributed by atoms with van der Waals surface area (Å²) in [5, 5.41) is 8.61. The molecule has 2 unspecified atom stereocenters. The van der Waals surface area contributed by atoms with Gasteiger partial charge in [0.25, 0.3) is 0 Å². The third kappa shape index (κ3) is 3.22. The van der Waals surface area contributed by atoms with Crippen LogP contribution in [-0.2, 0) is 0 Å². The fourth-order valence-corrected chi connectivity index (χ4v) is 1.56. The Kier molecular flexibility index (Phi) is 5.45. The monoisotopic (exact) mass is 186 g/mol. The molecule has 76 valence electrons. The summed E-state index contributed by atoms with van der Waals surface area (Å²) in [5.74, 6) is 0.371. The van der Waals surface area contributed by atoms with E-state index in [-0.39, 0.29) is 6.04 Å². The molecule has 0 saturated carbocycles. The van der Waals surface area contributed by atoms with Crippen molar-refractivity contribution in [1.29, 1.82) is 5.26 Å². The van der Waals surface area contributed by atoms with E-state index in [4.69, 9.17) is 5.26 Å². The van der Waals surface area contributed by atoms with Crippen molar-refractivity contribution in [3.63, 3.8) is 0 Å². The summed E-state index contributed by atoms with van der Waals surface area (Å²) >= 11 is 0. The Balaban J connectivity index is 0.000000671. The summed E-state index contributed by atoms with van der Waals surface area (Å²) in [7, 11) is 0. The van der Waals surface area contributed by atoms with Crippen LogP contribution in [0.3, 0.4) is 0 Å². The molecule has 0 amide bonds. The van der Waals surface area contributed by atoms with E-state index in [0.717, 1.165) is 0 Å². The van der Waals surface area contributed by atoms with Crippen LogP contribution in [0.1, 0.15) is 34.1 Å². The van der Waals surface area contributed by atoms with Crippen LogP contribution in [0, 0.1) is 17.4 Å². The summed E-state index contributed by atoms with van der Waals surface area (Å²) in [6, 6.07) is 0.120. The Morgan fingerprint density at radius 3 is 2.31 bits per heavy atom. The van der Waals surface area contributed by atoms with Crippen molar-refractivity contribution in [2.24, 2.45) is 5.92 Å². The number of nitriles is 1. The van der Waals surface area contributed by atoms with Gasteiger partial charge in [0.05, 0.1) is 6.54 Å². The smallest absolute Gasteiger partial charge is 0.179 e. The number of rotatable bonds is 1. The maximum Gasteiger partial charge on any atom is 0.179 e. The molecule has 0 N–H and O–H groups in total. The summed E-state index contributed by atoms with van der Waals surface area (Å²) in [6.07, 6.45) is 1.73. The molecule has 13 heavy (non-hydrogen) atoms. The molecule has 1 heterocycles. The highest BCUT2D eigenvalue weighted by molar-refractivity contribution is 4.93. The van der Waals surface area contributed by atoms with E-state index in [1.54, 1.807) is 4.90 Å². The number of hydrogen-bond acceptors (Lipinski definition) is 2. The minimum Gasteiger partial charge on any atom is -0.304 e. The lowest BCUT2D eigenvalue weighted by Crippen LogP contribution is -2.28. The zero-order valence-electron chi connectivity index (χ0n) is 8.92. The second-order valence-corrected chi connectivity index (χ2v) is 3.40. The lowest BCUT2D eigenvalue weighted by Gasteiger charge is -2.20. The third-order valence-electron chi connectivity index (χ3n) is 2.19. The lowest BCUT2D eigenvalue weighted by atomic mass is 10.0. The molecule has 1 aliphatic rings. The van der Waals surface area contributed by atoms with Gasteiger partial charge in [0.2, 0.25) is 0 Å². The van der Waals surface area contributed by atoms with Crippen LogP contribution in [0.2, 0.25) is 0 Å². The van der Waals surface area contributed by atoms with Gasteiger partial charge in [-0.25, -0.2) is 4.39 Å². The second kappa shape index (κ2) is 5.80. The van der Waals surface area contributed by atoms with E-state index >= 15 is 0 Å². The Morgan fingerprint density at radius 1 is 1.46 bits per heavy atom. The van der Waals surface area contributed by atoms with E-state index in [9.17, 15) is 4.39 Å². The van der Waals surface area contributed by atoms with Gasteiger partial charge in [-0.15, -0.1) is 0 Å². The second-order valence-electron chi connectivity index (χ2n) is 3.40. The molecule has 1 rings (SSSR count). The average molecular weight is 186 g/mol. The maximum absolute atomic E-state index is 12.8. The van der Waals surface area contributed by atoms with Crippen LogP contribution in [0.4, 0.5) is 4.39 Å². The van der Waals surface area contributed by atoms with E-state index < -0.39 is 6.17 Å². The molecule has 1 aliphatic heterocycles. The van der Waals surface area contributed by atoms with Crippen LogP contribution in [0.15, 0.2) is 0 Å². The van der Waals surface area contributed by atoms with Gasteiger partial charge in [0.15, 0.2) is 6.19 Å². The van der Waals surface area contributed by atoms with Crippen molar-refractivity contribution >= 4 is 0 Å². The fraction of sp³-hybridized carbons (Fsp3) is 0.900. The minimum atomic E-state index is -0.804. The van der Waals surface area contributed by atoms with Crippen molar-refractivity contribution < 1.29 is 4.39 Å². The SMILES string of the molecule is CC.CC(C)C1CC(F)CN1C#N. The Hall–Kier alpha value is -0.780. The summed E-state index contributed by atoms with van der Waals surface area (Å²) in [6.45, 7) is 8.33. The summed E-state index contributed by atoms with van der Waals surface area (Å²) < 4.78 is 12.8. The molecule has 2 nitrogen and oxygen atoms in total. The predicted octanol–water partition coefficient (Wildman–Crippen LogP) is 2.56. The molecule has 0 aromatic rings. The first-order valence-electron chi connectivity index (χ1n) is 4.95. The zero-order chi connectivity index (χ0) is 10.4. The molecule has 0 bridgehead atoms. The topological polar surface area (TPSA) is 27.0 Å². The van der Waals surface area contributed by atoms with Crippen molar-refractivity contribution in [2.45, 2.75) is 46.3 Å². The largest absolute Gasteiger partial charge is 0.304 e. The van der Waals surface area contributed by atoms with Gasteiger partial charge < -0.3 is 4.90 Å². The van der Waals surface area contributed by atoms with Crippen molar-refractivity contribution in [2.75, 3.05) is 6.54 Å². The minimum absolute atomic E-state index is 0.120. The molecule has 1 saturated heterocycles. The summed E-state index contributed by atoms with van der Waals surface area (Å²) in [5.41, 5.74) is 0. The van der Waals surface area contributed by atoms with Gasteiger partial charge in [-0.3, -0.25) is 0 Å². The fourth-order valence-electron chi connectivity index (χ4n) is 1.56. The van der Waals surface area contributed by atoms with Gasteiger partial charge in [0, 0.05) is 12.5 Å². The van der Waals surface area contributed by atoms with E-state index in [2.05, 4.69) is 0 Å². The van der Waals surface area contributed by atoms with E-state index in [1.807, 2.05) is 33.9 Å². The molecule has 0 spiro atoms. The van der Waals surface area contributed by atoms with Gasteiger partial charge >= 0.3 is 0 Å². The third-order valence-corrected chi connectivity index (χ3v) is 2.19. The van der Waals surface area contributed by atoms with Gasteiger partial charge in [-0.05, 0) is 5.92 Å². The Bertz CT molecular complexity index is 174. The first kappa shape index (κ1) is 12.2. The quantitative estimate of drug-likeness (QED) is 0.588. The molecule has 0 aliphatic carbocycles.